The first kappa shape index (κ1) is 31.3. The summed E-state index contributed by atoms with van der Waals surface area (Å²) in [6.45, 7) is 5.46. The van der Waals surface area contributed by atoms with E-state index in [1.807, 2.05) is 0 Å². The van der Waals surface area contributed by atoms with Gasteiger partial charge in [0.25, 0.3) is 5.91 Å². The Morgan fingerprint density at radius 3 is 2.12 bits per heavy atom. The van der Waals surface area contributed by atoms with E-state index < -0.39 is 59.6 Å². The van der Waals surface area contributed by atoms with Crippen molar-refractivity contribution in [1.82, 2.24) is 14.7 Å². The minimum atomic E-state index is -4.90. The third kappa shape index (κ3) is 6.91. The molecule has 2 aromatic rings. The summed E-state index contributed by atoms with van der Waals surface area (Å²) in [4.78, 5) is 40.0. The van der Waals surface area contributed by atoms with Gasteiger partial charge >= 0.3 is 12.1 Å². The Morgan fingerprint density at radius 1 is 1.05 bits per heavy atom. The van der Waals surface area contributed by atoms with E-state index >= 15 is 0 Å². The van der Waals surface area contributed by atoms with Gasteiger partial charge in [-0.25, -0.2) is 0 Å². The fraction of sp³-hybridized carbons (Fsp3) is 0.586. The summed E-state index contributed by atoms with van der Waals surface area (Å²) < 4.78 is 44.4. The van der Waals surface area contributed by atoms with Gasteiger partial charge in [0.2, 0.25) is 0 Å². The molecule has 4 rings (SSSR count). The maximum absolute atomic E-state index is 14.5. The van der Waals surface area contributed by atoms with Gasteiger partial charge in [-0.2, -0.15) is 18.3 Å². The van der Waals surface area contributed by atoms with Crippen molar-refractivity contribution in [1.29, 1.82) is 0 Å². The Morgan fingerprint density at radius 2 is 1.61 bits per heavy atom. The van der Waals surface area contributed by atoms with Crippen molar-refractivity contribution in [3.8, 4) is 0 Å². The standard InChI is InChI=1S/C29H34Cl2F3N3O4/c1-16-12-21(30)24(22(31)13-16)23(38)15-36(18-8-10-28(2,3)11-9-18)26(39)20-14-35-37(25(20)29(32,33)34)19-6-4-17(5-7-19)27(40)41/h12-14,17-19H,4-11,15H2,1-3H3,(H,40,41)/t17-,19+. The Balaban J connectivity index is 1.70. The number of alkyl halides is 3. The van der Waals surface area contributed by atoms with Crippen molar-refractivity contribution in [3.63, 3.8) is 0 Å². The van der Waals surface area contributed by atoms with Crippen LogP contribution in [0.1, 0.15) is 103 Å². The van der Waals surface area contributed by atoms with E-state index in [1.54, 1.807) is 19.1 Å². The minimum absolute atomic E-state index is 0.00953. The Labute approximate surface area is 247 Å². The first-order valence-corrected chi connectivity index (χ1v) is 14.5. The van der Waals surface area contributed by atoms with E-state index in [-0.39, 0.29) is 46.7 Å². The molecule has 7 nitrogen and oxygen atoms in total. The number of ketones is 1. The number of carbonyl (C=O) groups excluding carboxylic acids is 2. The summed E-state index contributed by atoms with van der Waals surface area (Å²) in [5, 5.41) is 13.5. The minimum Gasteiger partial charge on any atom is -0.481 e. The number of nitrogens with zero attached hydrogens (tertiary/aromatic N) is 3. The highest BCUT2D eigenvalue weighted by Gasteiger charge is 2.44. The molecule has 2 aliphatic rings. The van der Waals surface area contributed by atoms with Gasteiger partial charge in [-0.05, 0) is 81.4 Å². The SMILES string of the molecule is Cc1cc(Cl)c(C(=O)CN(C(=O)c2cnn([C@H]3CC[C@@H](C(=O)O)CC3)c2C(F)(F)F)C2CCC(C)(C)CC2)c(Cl)c1. The number of hydrogen-bond donors (Lipinski definition) is 1. The number of carboxylic acid groups (broad SMARTS) is 1. The van der Waals surface area contributed by atoms with Crippen molar-refractivity contribution < 1.29 is 32.7 Å². The van der Waals surface area contributed by atoms with Crippen molar-refractivity contribution in [2.24, 2.45) is 11.3 Å². The zero-order chi connectivity index (χ0) is 30.3. The lowest BCUT2D eigenvalue weighted by Crippen LogP contribution is -2.46. The zero-order valence-corrected chi connectivity index (χ0v) is 24.7. The molecule has 0 aliphatic heterocycles. The maximum atomic E-state index is 14.5. The molecule has 1 aromatic heterocycles. The van der Waals surface area contributed by atoms with Gasteiger partial charge < -0.3 is 10.0 Å². The number of carboxylic acids is 1. The number of amides is 1. The molecule has 2 fully saturated rings. The Hall–Kier alpha value is -2.59. The highest BCUT2D eigenvalue weighted by molar-refractivity contribution is 6.40. The summed E-state index contributed by atoms with van der Waals surface area (Å²) in [7, 11) is 0. The molecular formula is C29H34Cl2F3N3O4. The fourth-order valence-electron chi connectivity index (χ4n) is 6.06. The number of rotatable bonds is 7. The van der Waals surface area contributed by atoms with Crippen LogP contribution in [-0.2, 0) is 11.0 Å². The molecule has 1 heterocycles. The van der Waals surface area contributed by atoms with Crippen molar-refractivity contribution >= 4 is 40.9 Å². The van der Waals surface area contributed by atoms with Gasteiger partial charge in [-0.3, -0.25) is 19.1 Å². The molecule has 0 atom stereocenters. The molecular weight excluding hydrogens is 582 g/mol. The van der Waals surface area contributed by atoms with E-state index in [4.69, 9.17) is 23.2 Å². The van der Waals surface area contributed by atoms with Crippen LogP contribution in [0.15, 0.2) is 18.3 Å². The van der Waals surface area contributed by atoms with Gasteiger partial charge in [0.1, 0.15) is 0 Å². The second-order valence-corrected chi connectivity index (χ2v) is 12.9. The average Bonchev–Trinajstić information content (AvgIpc) is 3.33. The second-order valence-electron chi connectivity index (χ2n) is 12.0. The predicted octanol–water partition coefficient (Wildman–Crippen LogP) is 7.63. The third-order valence-corrected chi connectivity index (χ3v) is 9.07. The first-order chi connectivity index (χ1) is 19.1. The van der Waals surface area contributed by atoms with Crippen LogP contribution in [0, 0.1) is 18.3 Å². The highest BCUT2D eigenvalue weighted by Crippen LogP contribution is 2.41. The summed E-state index contributed by atoms with van der Waals surface area (Å²) >= 11 is 12.7. The van der Waals surface area contributed by atoms with Crippen LogP contribution in [0.4, 0.5) is 13.2 Å². The molecule has 12 heteroatoms. The number of aryl methyl sites for hydroxylation is 1. The van der Waals surface area contributed by atoms with E-state index in [1.165, 1.54) is 4.90 Å². The molecule has 2 saturated carbocycles. The number of halogens is 5. The molecule has 1 amide bonds. The van der Waals surface area contributed by atoms with E-state index in [2.05, 4.69) is 18.9 Å². The summed E-state index contributed by atoms with van der Waals surface area (Å²) in [5.74, 6) is -3.08. The molecule has 0 bridgehead atoms. The summed E-state index contributed by atoms with van der Waals surface area (Å²) in [6, 6.07) is 1.99. The van der Waals surface area contributed by atoms with Gasteiger partial charge in [0, 0.05) is 6.04 Å². The quantitative estimate of drug-likeness (QED) is 0.323. The van der Waals surface area contributed by atoms with E-state index in [0.29, 0.717) is 12.8 Å². The molecule has 0 radical (unpaired) electrons. The molecule has 0 spiro atoms. The van der Waals surface area contributed by atoms with Gasteiger partial charge in [0.15, 0.2) is 11.5 Å². The fourth-order valence-corrected chi connectivity index (χ4v) is 6.87. The van der Waals surface area contributed by atoms with Gasteiger partial charge in [-0.15, -0.1) is 0 Å². The van der Waals surface area contributed by atoms with Crippen molar-refractivity contribution in [2.75, 3.05) is 6.54 Å². The lowest BCUT2D eigenvalue weighted by atomic mass is 9.75. The lowest BCUT2D eigenvalue weighted by Gasteiger charge is -2.40. The van der Waals surface area contributed by atoms with Crippen LogP contribution < -0.4 is 0 Å². The molecule has 2 aliphatic carbocycles. The van der Waals surface area contributed by atoms with Crippen molar-refractivity contribution in [2.45, 2.75) is 90.4 Å². The number of aliphatic carboxylic acids is 1. The Kier molecular flexibility index (Phi) is 9.14. The van der Waals surface area contributed by atoms with Gasteiger partial charge in [-0.1, -0.05) is 37.0 Å². The monoisotopic (exact) mass is 615 g/mol. The summed E-state index contributed by atoms with van der Waals surface area (Å²) in [5.41, 5.74) is -1.04. The van der Waals surface area contributed by atoms with Crippen LogP contribution in [0.25, 0.3) is 0 Å². The van der Waals surface area contributed by atoms with E-state index in [0.717, 1.165) is 29.3 Å². The number of benzene rings is 1. The normalized spacial score (nSPS) is 21.5. The molecule has 41 heavy (non-hydrogen) atoms. The van der Waals surface area contributed by atoms with Crippen LogP contribution in [0.2, 0.25) is 10.0 Å². The van der Waals surface area contributed by atoms with Crippen LogP contribution in [0.3, 0.4) is 0 Å². The number of aromatic nitrogens is 2. The predicted molar refractivity (Wildman–Crippen MR) is 148 cm³/mol. The number of carbonyl (C=O) groups is 3. The smallest absolute Gasteiger partial charge is 0.433 e. The molecule has 224 valence electrons. The van der Waals surface area contributed by atoms with Gasteiger partial charge in [0.05, 0.1) is 45.9 Å². The maximum Gasteiger partial charge on any atom is 0.433 e. The molecule has 1 aromatic carbocycles. The molecule has 1 N–H and O–H groups in total. The van der Waals surface area contributed by atoms with Crippen LogP contribution in [0.5, 0.6) is 0 Å². The lowest BCUT2D eigenvalue weighted by molar-refractivity contribution is -0.147. The first-order valence-electron chi connectivity index (χ1n) is 13.8. The average molecular weight is 617 g/mol. The summed E-state index contributed by atoms with van der Waals surface area (Å²) in [6.07, 6.45) is -0.636. The Bertz CT molecular complexity index is 1300. The second kappa shape index (κ2) is 12.0. The molecule has 0 unspecified atom stereocenters. The van der Waals surface area contributed by atoms with Crippen LogP contribution >= 0.6 is 23.2 Å². The largest absolute Gasteiger partial charge is 0.481 e. The third-order valence-electron chi connectivity index (χ3n) is 8.48. The number of hydrogen-bond acceptors (Lipinski definition) is 4. The zero-order valence-electron chi connectivity index (χ0n) is 23.2. The topological polar surface area (TPSA) is 92.5 Å². The van der Waals surface area contributed by atoms with Crippen LogP contribution in [-0.4, -0.2) is 50.0 Å². The highest BCUT2D eigenvalue weighted by atomic mass is 35.5. The van der Waals surface area contributed by atoms with Crippen molar-refractivity contribution in [3.05, 3.63) is 50.8 Å². The molecule has 0 saturated heterocycles. The van der Waals surface area contributed by atoms with E-state index in [9.17, 15) is 32.7 Å². The number of Topliss-reactive ketones (excluding diaryl/α,β-unsaturated/α-hetero) is 1.